The highest BCUT2D eigenvalue weighted by Gasteiger charge is 2.20. The van der Waals surface area contributed by atoms with E-state index in [1.165, 1.54) is 50.6 Å². The molecule has 0 radical (unpaired) electrons. The summed E-state index contributed by atoms with van der Waals surface area (Å²) in [6.45, 7) is 2.23. The minimum Gasteiger partial charge on any atom is -0.345 e. The second-order valence-electron chi connectivity index (χ2n) is 10.8. The molecule has 0 fully saturated rings. The van der Waals surface area contributed by atoms with E-state index in [1.807, 2.05) is 6.07 Å². The topological polar surface area (TPSA) is 6.48 Å². The molecule has 0 N–H and O–H groups in total. The van der Waals surface area contributed by atoms with E-state index in [1.54, 1.807) is 0 Å². The first-order valence-corrected chi connectivity index (χ1v) is 14.2. The number of para-hydroxylation sites is 1. The molecule has 0 heterocycles. The summed E-state index contributed by atoms with van der Waals surface area (Å²) in [7, 11) is 2.10. The van der Waals surface area contributed by atoms with Gasteiger partial charge in [0.1, 0.15) is 0 Å². The summed E-state index contributed by atoms with van der Waals surface area (Å²) in [5.74, 6) is 0. The first-order valence-electron chi connectivity index (χ1n) is 14.2. The molecule has 2 nitrogen and oxygen atoms in total. The smallest absolute Gasteiger partial charge is 0.0559 e. The molecule has 0 saturated heterocycles. The molecule has 0 aliphatic heterocycles. The largest absolute Gasteiger partial charge is 0.345 e. The van der Waals surface area contributed by atoms with Crippen LogP contribution in [0.15, 0.2) is 127 Å². The predicted octanol–water partition coefficient (Wildman–Crippen LogP) is 10.00. The Labute approximate surface area is 238 Å². The normalized spacial score (nSPS) is 16.1. The van der Waals surface area contributed by atoms with Crippen LogP contribution >= 0.6 is 0 Å². The molecule has 2 aliphatic rings. The van der Waals surface area contributed by atoms with Crippen molar-refractivity contribution in [2.24, 2.45) is 0 Å². The lowest BCUT2D eigenvalue weighted by atomic mass is 9.92. The molecule has 0 amide bonds. The van der Waals surface area contributed by atoms with Crippen molar-refractivity contribution in [2.45, 2.75) is 32.2 Å². The van der Waals surface area contributed by atoms with Gasteiger partial charge >= 0.3 is 0 Å². The molecule has 198 valence electrons. The van der Waals surface area contributed by atoms with Gasteiger partial charge in [0.15, 0.2) is 0 Å². The fraction of sp³-hybridized carbons (Fsp3) is 0.158. The van der Waals surface area contributed by atoms with Crippen LogP contribution in [0, 0.1) is 0 Å². The summed E-state index contributed by atoms with van der Waals surface area (Å²) in [4.78, 5) is 4.69. The van der Waals surface area contributed by atoms with Gasteiger partial charge in [-0.05, 0) is 97.0 Å². The molecule has 4 aromatic rings. The lowest BCUT2D eigenvalue weighted by Crippen LogP contribution is -2.30. The van der Waals surface area contributed by atoms with Crippen LogP contribution in [0.4, 0.5) is 22.7 Å². The van der Waals surface area contributed by atoms with Gasteiger partial charge in [0.05, 0.1) is 6.04 Å². The third-order valence-corrected chi connectivity index (χ3v) is 7.95. The minimum absolute atomic E-state index is 0.304. The molecule has 1 atom stereocenters. The van der Waals surface area contributed by atoms with E-state index in [2.05, 4.69) is 157 Å². The quantitative estimate of drug-likeness (QED) is 0.224. The number of hydrogen-bond acceptors (Lipinski definition) is 2. The monoisotopic (exact) mass is 520 g/mol. The van der Waals surface area contributed by atoms with E-state index in [0.29, 0.717) is 6.04 Å². The second-order valence-corrected chi connectivity index (χ2v) is 10.8. The van der Waals surface area contributed by atoms with Gasteiger partial charge in [0.25, 0.3) is 0 Å². The Hall–Kier alpha value is -4.56. The van der Waals surface area contributed by atoms with Crippen LogP contribution in [0.3, 0.4) is 0 Å². The first-order chi connectivity index (χ1) is 19.6. The van der Waals surface area contributed by atoms with Crippen molar-refractivity contribution in [1.82, 2.24) is 0 Å². The maximum Gasteiger partial charge on any atom is 0.0559 e. The maximum absolute atomic E-state index is 2.49. The number of hydrogen-bond donors (Lipinski definition) is 0. The summed E-state index contributed by atoms with van der Waals surface area (Å²) in [5, 5.41) is 0. The van der Waals surface area contributed by atoms with Crippen molar-refractivity contribution in [2.75, 3.05) is 16.8 Å². The van der Waals surface area contributed by atoms with Crippen LogP contribution in [-0.4, -0.2) is 13.1 Å². The number of aryl methyl sites for hydroxylation is 1. The first kappa shape index (κ1) is 25.7. The summed E-state index contributed by atoms with van der Waals surface area (Å²) in [6, 6.07) is 35.4. The molecule has 2 heteroatoms. The van der Waals surface area contributed by atoms with Crippen LogP contribution in [0.25, 0.3) is 18.2 Å². The molecule has 4 aromatic carbocycles. The number of fused-ring (bicyclic) bond motifs is 1. The van der Waals surface area contributed by atoms with Gasteiger partial charge < -0.3 is 9.80 Å². The summed E-state index contributed by atoms with van der Waals surface area (Å²) in [6.07, 6.45) is 18.9. The Balaban J connectivity index is 1.21. The maximum atomic E-state index is 2.49. The average Bonchev–Trinajstić information content (AvgIpc) is 3.02. The lowest BCUT2D eigenvalue weighted by molar-refractivity contribution is 0.783. The van der Waals surface area contributed by atoms with E-state index in [9.17, 15) is 0 Å². The van der Waals surface area contributed by atoms with Crippen molar-refractivity contribution in [3.8, 4) is 0 Å². The van der Waals surface area contributed by atoms with Crippen molar-refractivity contribution < 1.29 is 0 Å². The van der Waals surface area contributed by atoms with Crippen LogP contribution in [0.5, 0.6) is 0 Å². The highest BCUT2D eigenvalue weighted by molar-refractivity contribution is 5.74. The van der Waals surface area contributed by atoms with Gasteiger partial charge in [-0.2, -0.15) is 0 Å². The molecular formula is C38H36N2. The zero-order chi connectivity index (χ0) is 27.3. The second kappa shape index (κ2) is 11.7. The van der Waals surface area contributed by atoms with Crippen LogP contribution in [0.2, 0.25) is 0 Å². The zero-order valence-electron chi connectivity index (χ0n) is 23.4. The predicted molar refractivity (Wildman–Crippen MR) is 174 cm³/mol. The molecule has 40 heavy (non-hydrogen) atoms. The number of rotatable bonds is 7. The minimum atomic E-state index is 0.304. The Morgan fingerprint density at radius 1 is 0.675 bits per heavy atom. The van der Waals surface area contributed by atoms with Gasteiger partial charge in [0.2, 0.25) is 0 Å². The molecule has 6 rings (SSSR count). The van der Waals surface area contributed by atoms with Crippen LogP contribution in [-0.2, 0) is 6.42 Å². The third-order valence-electron chi connectivity index (χ3n) is 7.95. The van der Waals surface area contributed by atoms with E-state index in [4.69, 9.17) is 0 Å². The highest BCUT2D eigenvalue weighted by atomic mass is 15.2. The molecule has 0 bridgehead atoms. The standard InChI is InChI=1S/C38H36N2/c1-29-13-20-33-28-38(26-21-32(33)27-29)40(36-11-7-4-8-12-36)37-24-18-31(19-25-37)15-14-30-16-22-35(23-17-30)39(2)34-9-5-3-6-10-34/h3-11,14-19,21-28,36H,12-13,20H2,1-2H3/b15-14+. The number of anilines is 4. The van der Waals surface area contributed by atoms with E-state index < -0.39 is 0 Å². The lowest BCUT2D eigenvalue weighted by Gasteiger charge is -2.33. The Kier molecular flexibility index (Phi) is 7.50. The molecule has 0 saturated carbocycles. The van der Waals surface area contributed by atoms with E-state index in [0.717, 1.165) is 19.3 Å². The van der Waals surface area contributed by atoms with E-state index >= 15 is 0 Å². The van der Waals surface area contributed by atoms with Gasteiger partial charge in [0, 0.05) is 29.8 Å². The number of benzene rings is 4. The zero-order valence-corrected chi connectivity index (χ0v) is 23.4. The van der Waals surface area contributed by atoms with Gasteiger partial charge in [-0.1, -0.05) is 96.6 Å². The van der Waals surface area contributed by atoms with Gasteiger partial charge in [-0.15, -0.1) is 0 Å². The molecule has 2 aliphatic carbocycles. The SMILES string of the molecule is CC1=Cc2ccc(N(c3ccc(/C=C/c4ccc(N(C)c5ccccc5)cc4)cc3)C3C=CC=CC3)cc2CC1. The summed E-state index contributed by atoms with van der Waals surface area (Å²) in [5.41, 5.74) is 11.5. The van der Waals surface area contributed by atoms with Crippen molar-refractivity contribution in [1.29, 1.82) is 0 Å². The Bertz CT molecular complexity index is 1570. The fourth-order valence-electron chi connectivity index (χ4n) is 5.61. The third kappa shape index (κ3) is 5.72. The Morgan fingerprint density at radius 3 is 2.00 bits per heavy atom. The summed E-state index contributed by atoms with van der Waals surface area (Å²) < 4.78 is 0. The molecule has 1 unspecified atom stereocenters. The van der Waals surface area contributed by atoms with Crippen molar-refractivity contribution in [3.63, 3.8) is 0 Å². The molecular weight excluding hydrogens is 484 g/mol. The molecule has 0 spiro atoms. The highest BCUT2D eigenvalue weighted by Crippen LogP contribution is 2.35. The molecule has 0 aromatic heterocycles. The van der Waals surface area contributed by atoms with E-state index in [-0.39, 0.29) is 0 Å². The average molecular weight is 521 g/mol. The number of allylic oxidation sites excluding steroid dienone is 3. The fourth-order valence-corrected chi connectivity index (χ4v) is 5.61. The van der Waals surface area contributed by atoms with Crippen LogP contribution < -0.4 is 9.80 Å². The summed E-state index contributed by atoms with van der Waals surface area (Å²) >= 11 is 0. The van der Waals surface area contributed by atoms with Gasteiger partial charge in [-0.25, -0.2) is 0 Å². The Morgan fingerprint density at radius 2 is 1.32 bits per heavy atom. The van der Waals surface area contributed by atoms with Crippen molar-refractivity contribution >= 4 is 41.0 Å². The van der Waals surface area contributed by atoms with Crippen molar-refractivity contribution in [3.05, 3.63) is 149 Å². The number of nitrogens with zero attached hydrogens (tertiary/aromatic N) is 2. The van der Waals surface area contributed by atoms with Crippen LogP contribution in [0.1, 0.15) is 42.0 Å². The van der Waals surface area contributed by atoms with Gasteiger partial charge in [-0.3, -0.25) is 0 Å².